The van der Waals surface area contributed by atoms with Gasteiger partial charge in [-0.1, -0.05) is 23.2 Å². The molecule has 0 aliphatic carbocycles. The monoisotopic (exact) mass is 304 g/mol. The zero-order chi connectivity index (χ0) is 14.6. The molecule has 3 amide bonds. The first-order chi connectivity index (χ1) is 8.81. The minimum Gasteiger partial charge on any atom is -0.449 e. The second-order valence-electron chi connectivity index (χ2n) is 3.53. The SMILES string of the molecule is C[C@@H](OC(=O)c1ccc(Cl)cc1Cl)C(=O)NC(N)=O. The molecule has 0 aliphatic rings. The van der Waals surface area contributed by atoms with E-state index in [2.05, 4.69) is 0 Å². The van der Waals surface area contributed by atoms with Crippen LogP contribution in [0.3, 0.4) is 0 Å². The maximum Gasteiger partial charge on any atom is 0.340 e. The molecule has 1 aromatic rings. The number of hydrogen-bond donors (Lipinski definition) is 2. The summed E-state index contributed by atoms with van der Waals surface area (Å²) in [4.78, 5) is 33.5. The van der Waals surface area contributed by atoms with Gasteiger partial charge in [0, 0.05) is 5.02 Å². The van der Waals surface area contributed by atoms with Crippen LogP contribution in [0.4, 0.5) is 4.79 Å². The lowest BCUT2D eigenvalue weighted by atomic mass is 10.2. The van der Waals surface area contributed by atoms with E-state index in [1.807, 2.05) is 0 Å². The lowest BCUT2D eigenvalue weighted by molar-refractivity contribution is -0.127. The summed E-state index contributed by atoms with van der Waals surface area (Å²) in [7, 11) is 0. The number of benzene rings is 1. The number of halogens is 2. The van der Waals surface area contributed by atoms with Crippen LogP contribution in [-0.2, 0) is 9.53 Å². The predicted octanol–water partition coefficient (Wildman–Crippen LogP) is 1.73. The molecule has 0 aromatic heterocycles. The van der Waals surface area contributed by atoms with Gasteiger partial charge in [0.05, 0.1) is 10.6 Å². The number of carbonyl (C=O) groups excluding carboxylic acids is 3. The summed E-state index contributed by atoms with van der Waals surface area (Å²) in [6, 6.07) is 3.16. The molecule has 0 heterocycles. The summed E-state index contributed by atoms with van der Waals surface area (Å²) in [5.41, 5.74) is 4.83. The van der Waals surface area contributed by atoms with Crippen molar-refractivity contribution in [1.82, 2.24) is 5.32 Å². The molecule has 1 rings (SSSR count). The third kappa shape index (κ3) is 4.42. The standard InChI is InChI=1S/C11H10Cl2N2O4/c1-5(9(16)15-11(14)18)19-10(17)7-3-2-6(12)4-8(7)13/h2-5H,1H3,(H3,14,15,16,18)/t5-/m1/s1. The van der Waals surface area contributed by atoms with Gasteiger partial charge in [-0.15, -0.1) is 0 Å². The van der Waals surface area contributed by atoms with Crippen LogP contribution < -0.4 is 11.1 Å². The Morgan fingerprint density at radius 3 is 2.47 bits per heavy atom. The molecular formula is C11H10Cl2N2O4. The fraction of sp³-hybridized carbons (Fsp3) is 0.182. The first-order valence-corrected chi connectivity index (χ1v) is 5.83. The molecule has 0 saturated heterocycles. The molecular weight excluding hydrogens is 295 g/mol. The van der Waals surface area contributed by atoms with E-state index < -0.39 is 24.0 Å². The third-order valence-corrected chi connectivity index (χ3v) is 2.60. The second kappa shape index (κ2) is 6.40. The number of rotatable bonds is 3. The van der Waals surface area contributed by atoms with Crippen molar-refractivity contribution in [2.24, 2.45) is 5.73 Å². The van der Waals surface area contributed by atoms with E-state index in [9.17, 15) is 14.4 Å². The minimum absolute atomic E-state index is 0.0600. The normalized spacial score (nSPS) is 11.5. The van der Waals surface area contributed by atoms with Crippen LogP contribution in [0.15, 0.2) is 18.2 Å². The average molecular weight is 305 g/mol. The molecule has 0 aliphatic heterocycles. The Bertz CT molecular complexity index is 533. The topological polar surface area (TPSA) is 98.5 Å². The van der Waals surface area contributed by atoms with Gasteiger partial charge in [0.25, 0.3) is 5.91 Å². The number of imide groups is 1. The fourth-order valence-corrected chi connectivity index (χ4v) is 1.64. The van der Waals surface area contributed by atoms with Crippen LogP contribution in [0.5, 0.6) is 0 Å². The van der Waals surface area contributed by atoms with Crippen molar-refractivity contribution < 1.29 is 19.1 Å². The molecule has 1 atom stereocenters. The number of nitrogens with one attached hydrogen (secondary N) is 1. The number of ether oxygens (including phenoxy) is 1. The highest BCUT2D eigenvalue weighted by Crippen LogP contribution is 2.21. The quantitative estimate of drug-likeness (QED) is 0.831. The predicted molar refractivity (Wildman–Crippen MR) is 69.1 cm³/mol. The summed E-state index contributed by atoms with van der Waals surface area (Å²) in [6.07, 6.45) is -1.19. The highest BCUT2D eigenvalue weighted by atomic mass is 35.5. The molecule has 0 unspecified atom stereocenters. The molecule has 0 fully saturated rings. The summed E-state index contributed by atoms with van der Waals surface area (Å²) in [6.45, 7) is 1.29. The number of primary amides is 1. The number of carbonyl (C=O) groups is 3. The van der Waals surface area contributed by atoms with Gasteiger partial charge in [-0.05, 0) is 25.1 Å². The Hall–Kier alpha value is -1.79. The lowest BCUT2D eigenvalue weighted by Gasteiger charge is -2.12. The first kappa shape index (κ1) is 15.3. The van der Waals surface area contributed by atoms with Crippen molar-refractivity contribution in [2.45, 2.75) is 13.0 Å². The number of nitrogens with two attached hydrogens (primary N) is 1. The summed E-state index contributed by atoms with van der Waals surface area (Å²) in [5.74, 6) is -1.64. The van der Waals surface area contributed by atoms with Gasteiger partial charge in [-0.25, -0.2) is 9.59 Å². The molecule has 8 heteroatoms. The molecule has 102 valence electrons. The number of amides is 3. The van der Waals surface area contributed by atoms with Crippen LogP contribution in [0, 0.1) is 0 Å². The van der Waals surface area contributed by atoms with E-state index in [1.54, 1.807) is 5.32 Å². The van der Waals surface area contributed by atoms with Gasteiger partial charge in [0.15, 0.2) is 6.10 Å². The van der Waals surface area contributed by atoms with Crippen LogP contribution in [0.25, 0.3) is 0 Å². The van der Waals surface area contributed by atoms with Crippen LogP contribution in [0.2, 0.25) is 10.0 Å². The van der Waals surface area contributed by atoms with Crippen molar-refractivity contribution in [3.8, 4) is 0 Å². The molecule has 0 saturated carbocycles. The lowest BCUT2D eigenvalue weighted by Crippen LogP contribution is -2.42. The molecule has 0 bridgehead atoms. The zero-order valence-corrected chi connectivity index (χ0v) is 11.3. The third-order valence-electron chi connectivity index (χ3n) is 2.05. The second-order valence-corrected chi connectivity index (χ2v) is 4.37. The molecule has 19 heavy (non-hydrogen) atoms. The number of urea groups is 1. The van der Waals surface area contributed by atoms with Gasteiger partial charge in [0.1, 0.15) is 0 Å². The van der Waals surface area contributed by atoms with Gasteiger partial charge < -0.3 is 10.5 Å². The van der Waals surface area contributed by atoms with Crippen LogP contribution in [0.1, 0.15) is 17.3 Å². The van der Waals surface area contributed by atoms with E-state index in [-0.39, 0.29) is 10.6 Å². The largest absolute Gasteiger partial charge is 0.449 e. The van der Waals surface area contributed by atoms with Crippen molar-refractivity contribution in [3.05, 3.63) is 33.8 Å². The highest BCUT2D eigenvalue weighted by molar-refractivity contribution is 6.36. The van der Waals surface area contributed by atoms with E-state index in [0.717, 1.165) is 0 Å². The van der Waals surface area contributed by atoms with E-state index in [1.165, 1.54) is 25.1 Å². The molecule has 6 nitrogen and oxygen atoms in total. The smallest absolute Gasteiger partial charge is 0.340 e. The Balaban J connectivity index is 2.74. The Kier molecular flexibility index (Phi) is 5.14. The zero-order valence-electron chi connectivity index (χ0n) is 9.78. The van der Waals surface area contributed by atoms with E-state index >= 15 is 0 Å². The van der Waals surface area contributed by atoms with Crippen LogP contribution in [-0.4, -0.2) is 24.0 Å². The fourth-order valence-electron chi connectivity index (χ4n) is 1.16. The van der Waals surface area contributed by atoms with Gasteiger partial charge in [-0.2, -0.15) is 0 Å². The maximum absolute atomic E-state index is 11.7. The Labute approximate surface area is 118 Å². The number of esters is 1. The van der Waals surface area contributed by atoms with Gasteiger partial charge in [0.2, 0.25) is 0 Å². The molecule has 3 N–H and O–H groups in total. The highest BCUT2D eigenvalue weighted by Gasteiger charge is 2.21. The molecule has 1 aromatic carbocycles. The minimum atomic E-state index is -1.19. The summed E-state index contributed by atoms with van der Waals surface area (Å²) >= 11 is 11.5. The molecule has 0 spiro atoms. The first-order valence-electron chi connectivity index (χ1n) is 5.07. The molecule has 0 radical (unpaired) electrons. The average Bonchev–Trinajstić information content (AvgIpc) is 2.27. The van der Waals surface area contributed by atoms with E-state index in [4.69, 9.17) is 33.7 Å². The van der Waals surface area contributed by atoms with Crippen molar-refractivity contribution in [1.29, 1.82) is 0 Å². The van der Waals surface area contributed by atoms with Crippen molar-refractivity contribution in [2.75, 3.05) is 0 Å². The van der Waals surface area contributed by atoms with Crippen LogP contribution >= 0.6 is 23.2 Å². The Morgan fingerprint density at radius 2 is 1.95 bits per heavy atom. The van der Waals surface area contributed by atoms with Crippen molar-refractivity contribution >= 4 is 41.1 Å². The van der Waals surface area contributed by atoms with Crippen molar-refractivity contribution in [3.63, 3.8) is 0 Å². The van der Waals surface area contributed by atoms with Gasteiger partial charge in [-0.3, -0.25) is 10.1 Å². The summed E-state index contributed by atoms with van der Waals surface area (Å²) in [5, 5.41) is 2.25. The maximum atomic E-state index is 11.7. The summed E-state index contributed by atoms with van der Waals surface area (Å²) < 4.78 is 4.83. The van der Waals surface area contributed by atoms with E-state index in [0.29, 0.717) is 5.02 Å². The van der Waals surface area contributed by atoms with Gasteiger partial charge >= 0.3 is 12.0 Å². The number of hydrogen-bond acceptors (Lipinski definition) is 4. The Morgan fingerprint density at radius 1 is 1.32 bits per heavy atom.